The second-order valence-corrected chi connectivity index (χ2v) is 4.82. The number of amides is 1. The second kappa shape index (κ2) is 6.34. The summed E-state index contributed by atoms with van der Waals surface area (Å²) in [4.78, 5) is 11.7. The first-order valence-corrected chi connectivity index (χ1v) is 6.64. The number of hydrogen-bond acceptors (Lipinski definition) is 2. The van der Waals surface area contributed by atoms with E-state index < -0.39 is 0 Å². The van der Waals surface area contributed by atoms with Gasteiger partial charge in [0.2, 0.25) is 5.91 Å². The molecular formula is C16H20N2O. The van der Waals surface area contributed by atoms with Crippen LogP contribution in [-0.4, -0.2) is 19.5 Å². The number of nitrogens with one attached hydrogen (secondary N) is 2. The summed E-state index contributed by atoms with van der Waals surface area (Å²) < 4.78 is 0. The van der Waals surface area contributed by atoms with Crippen molar-refractivity contribution in [2.24, 2.45) is 0 Å². The highest BCUT2D eigenvalue weighted by molar-refractivity contribution is 5.94. The van der Waals surface area contributed by atoms with Gasteiger partial charge in [0.15, 0.2) is 0 Å². The van der Waals surface area contributed by atoms with Crippen molar-refractivity contribution in [3.63, 3.8) is 0 Å². The number of anilines is 1. The van der Waals surface area contributed by atoms with E-state index in [4.69, 9.17) is 0 Å². The van der Waals surface area contributed by atoms with E-state index in [2.05, 4.69) is 35.8 Å². The SMILES string of the molecule is CNCCCC(=O)Nc1ccc2cc(C)ccc2c1. The van der Waals surface area contributed by atoms with Crippen LogP contribution in [0.1, 0.15) is 18.4 Å². The third-order valence-electron chi connectivity index (χ3n) is 3.11. The molecule has 0 atom stereocenters. The summed E-state index contributed by atoms with van der Waals surface area (Å²) in [5.41, 5.74) is 2.11. The molecule has 0 saturated heterocycles. The summed E-state index contributed by atoms with van der Waals surface area (Å²) in [7, 11) is 1.89. The van der Waals surface area contributed by atoms with Gasteiger partial charge in [-0.15, -0.1) is 0 Å². The molecule has 0 saturated carbocycles. The van der Waals surface area contributed by atoms with Gasteiger partial charge in [-0.3, -0.25) is 4.79 Å². The first-order valence-electron chi connectivity index (χ1n) is 6.64. The number of carbonyl (C=O) groups is 1. The van der Waals surface area contributed by atoms with Gasteiger partial charge in [-0.2, -0.15) is 0 Å². The summed E-state index contributed by atoms with van der Waals surface area (Å²) in [5.74, 6) is 0.0710. The number of carbonyl (C=O) groups excluding carboxylic acids is 1. The van der Waals surface area contributed by atoms with E-state index in [1.165, 1.54) is 10.9 Å². The van der Waals surface area contributed by atoms with Crippen LogP contribution < -0.4 is 10.6 Å². The number of hydrogen-bond donors (Lipinski definition) is 2. The number of aryl methyl sites for hydroxylation is 1. The molecule has 3 heteroatoms. The lowest BCUT2D eigenvalue weighted by atomic mass is 10.1. The van der Waals surface area contributed by atoms with E-state index in [9.17, 15) is 4.79 Å². The van der Waals surface area contributed by atoms with Crippen molar-refractivity contribution in [2.45, 2.75) is 19.8 Å². The maximum atomic E-state index is 11.7. The van der Waals surface area contributed by atoms with Crippen molar-refractivity contribution in [1.82, 2.24) is 5.32 Å². The minimum atomic E-state index is 0.0710. The van der Waals surface area contributed by atoms with Crippen LogP contribution in [0.2, 0.25) is 0 Å². The fraction of sp³-hybridized carbons (Fsp3) is 0.312. The van der Waals surface area contributed by atoms with E-state index in [0.717, 1.165) is 24.0 Å². The zero-order chi connectivity index (χ0) is 13.7. The minimum absolute atomic E-state index is 0.0710. The molecule has 0 radical (unpaired) electrons. The van der Waals surface area contributed by atoms with E-state index in [-0.39, 0.29) is 5.91 Å². The van der Waals surface area contributed by atoms with Crippen LogP contribution in [0, 0.1) is 6.92 Å². The molecule has 0 spiro atoms. The molecule has 0 aliphatic rings. The zero-order valence-corrected chi connectivity index (χ0v) is 11.5. The third kappa shape index (κ3) is 3.80. The summed E-state index contributed by atoms with van der Waals surface area (Å²) in [6.45, 7) is 2.95. The van der Waals surface area contributed by atoms with Crippen molar-refractivity contribution in [3.8, 4) is 0 Å². The topological polar surface area (TPSA) is 41.1 Å². The van der Waals surface area contributed by atoms with Gasteiger partial charge >= 0.3 is 0 Å². The fourth-order valence-electron chi connectivity index (χ4n) is 2.09. The molecule has 0 bridgehead atoms. The van der Waals surface area contributed by atoms with E-state index in [0.29, 0.717) is 6.42 Å². The van der Waals surface area contributed by atoms with Crippen LogP contribution >= 0.6 is 0 Å². The fourth-order valence-corrected chi connectivity index (χ4v) is 2.09. The molecule has 0 aliphatic carbocycles. The molecule has 2 N–H and O–H groups in total. The Hall–Kier alpha value is -1.87. The normalized spacial score (nSPS) is 10.6. The molecule has 0 fully saturated rings. The van der Waals surface area contributed by atoms with E-state index in [1.54, 1.807) is 0 Å². The molecule has 0 aromatic heterocycles. The monoisotopic (exact) mass is 256 g/mol. The standard InChI is InChI=1S/C16H20N2O/c1-12-5-6-14-11-15(8-7-13(14)10-12)18-16(19)4-3-9-17-2/h5-8,10-11,17H,3-4,9H2,1-2H3,(H,18,19). The Balaban J connectivity index is 2.05. The predicted octanol–water partition coefficient (Wildman–Crippen LogP) is 3.09. The Morgan fingerprint density at radius 1 is 1.11 bits per heavy atom. The molecule has 2 aromatic rings. The van der Waals surface area contributed by atoms with Crippen LogP contribution in [0.25, 0.3) is 10.8 Å². The van der Waals surface area contributed by atoms with Gasteiger partial charge in [0, 0.05) is 12.1 Å². The molecule has 2 aromatic carbocycles. The summed E-state index contributed by atoms with van der Waals surface area (Å²) in [6, 6.07) is 12.3. The van der Waals surface area contributed by atoms with Crippen LogP contribution in [-0.2, 0) is 4.79 Å². The summed E-state index contributed by atoms with van der Waals surface area (Å²) >= 11 is 0. The molecule has 0 heterocycles. The lowest BCUT2D eigenvalue weighted by Crippen LogP contribution is -2.15. The van der Waals surface area contributed by atoms with E-state index in [1.807, 2.05) is 25.2 Å². The largest absolute Gasteiger partial charge is 0.326 e. The third-order valence-corrected chi connectivity index (χ3v) is 3.11. The van der Waals surface area contributed by atoms with Crippen LogP contribution in [0.3, 0.4) is 0 Å². The van der Waals surface area contributed by atoms with Crippen molar-refractivity contribution < 1.29 is 4.79 Å². The molecule has 100 valence electrons. The Bertz CT molecular complexity index is 578. The van der Waals surface area contributed by atoms with Gasteiger partial charge in [-0.25, -0.2) is 0 Å². The molecule has 3 nitrogen and oxygen atoms in total. The first-order chi connectivity index (χ1) is 9.19. The van der Waals surface area contributed by atoms with Crippen molar-refractivity contribution in [1.29, 1.82) is 0 Å². The maximum absolute atomic E-state index is 11.7. The zero-order valence-electron chi connectivity index (χ0n) is 11.5. The highest BCUT2D eigenvalue weighted by Gasteiger charge is 2.03. The average Bonchev–Trinajstić information content (AvgIpc) is 2.39. The van der Waals surface area contributed by atoms with Gasteiger partial charge in [0.1, 0.15) is 0 Å². The maximum Gasteiger partial charge on any atom is 0.224 e. The molecular weight excluding hydrogens is 236 g/mol. The first kappa shape index (κ1) is 13.6. The molecule has 19 heavy (non-hydrogen) atoms. The summed E-state index contributed by atoms with van der Waals surface area (Å²) in [6.07, 6.45) is 1.40. The van der Waals surface area contributed by atoms with E-state index >= 15 is 0 Å². The van der Waals surface area contributed by atoms with Gasteiger partial charge in [0.25, 0.3) is 0 Å². The molecule has 0 aliphatic heterocycles. The highest BCUT2D eigenvalue weighted by Crippen LogP contribution is 2.20. The smallest absolute Gasteiger partial charge is 0.224 e. The van der Waals surface area contributed by atoms with Gasteiger partial charge in [-0.05, 0) is 49.8 Å². The molecule has 1 amide bonds. The average molecular weight is 256 g/mol. The van der Waals surface area contributed by atoms with Gasteiger partial charge in [-0.1, -0.05) is 29.8 Å². The Kier molecular flexibility index (Phi) is 4.53. The molecule has 0 unspecified atom stereocenters. The Morgan fingerprint density at radius 2 is 1.84 bits per heavy atom. The van der Waals surface area contributed by atoms with Crippen molar-refractivity contribution in [3.05, 3.63) is 42.0 Å². The van der Waals surface area contributed by atoms with Gasteiger partial charge < -0.3 is 10.6 Å². The van der Waals surface area contributed by atoms with Crippen LogP contribution in [0.5, 0.6) is 0 Å². The number of benzene rings is 2. The highest BCUT2D eigenvalue weighted by atomic mass is 16.1. The van der Waals surface area contributed by atoms with Crippen LogP contribution in [0.15, 0.2) is 36.4 Å². The van der Waals surface area contributed by atoms with Crippen molar-refractivity contribution in [2.75, 3.05) is 18.9 Å². The lowest BCUT2D eigenvalue weighted by Gasteiger charge is -2.07. The Labute approximate surface area is 114 Å². The van der Waals surface area contributed by atoms with Crippen molar-refractivity contribution >= 4 is 22.4 Å². The Morgan fingerprint density at radius 3 is 2.63 bits per heavy atom. The predicted molar refractivity (Wildman–Crippen MR) is 80.5 cm³/mol. The lowest BCUT2D eigenvalue weighted by molar-refractivity contribution is -0.116. The molecule has 2 rings (SSSR count). The minimum Gasteiger partial charge on any atom is -0.326 e. The number of fused-ring (bicyclic) bond motifs is 1. The summed E-state index contributed by atoms with van der Waals surface area (Å²) in [5, 5.41) is 8.33. The van der Waals surface area contributed by atoms with Gasteiger partial charge in [0.05, 0.1) is 0 Å². The van der Waals surface area contributed by atoms with Crippen LogP contribution in [0.4, 0.5) is 5.69 Å². The second-order valence-electron chi connectivity index (χ2n) is 4.82. The quantitative estimate of drug-likeness (QED) is 0.807. The number of rotatable bonds is 5.